The van der Waals surface area contributed by atoms with E-state index in [0.717, 1.165) is 11.1 Å². The van der Waals surface area contributed by atoms with Crippen molar-refractivity contribution in [1.29, 1.82) is 0 Å². The Balaban J connectivity index is 1.33. The third kappa shape index (κ3) is 3.34. The topological polar surface area (TPSA) is 85.3 Å². The molecule has 1 aliphatic carbocycles. The highest BCUT2D eigenvalue weighted by atomic mass is 16.6. The Morgan fingerprint density at radius 3 is 2.37 bits per heavy atom. The molecule has 1 amide bonds. The first-order valence-corrected chi connectivity index (χ1v) is 10.2. The maximum atomic E-state index is 13.0. The van der Waals surface area contributed by atoms with Crippen molar-refractivity contribution in [2.75, 3.05) is 26.4 Å². The molecule has 0 bridgehead atoms. The first kappa shape index (κ1) is 19.1. The van der Waals surface area contributed by atoms with Crippen LogP contribution in [0.5, 0.6) is 0 Å². The summed E-state index contributed by atoms with van der Waals surface area (Å²) in [6.45, 7) is 1.14. The number of ether oxygens (including phenoxy) is 3. The number of carbonyl (C=O) groups is 2. The summed E-state index contributed by atoms with van der Waals surface area (Å²) < 4.78 is 17.1. The molecule has 2 heterocycles. The number of carbonyl (C=O) groups excluding carboxylic acids is 1. The first-order valence-electron chi connectivity index (χ1n) is 10.2. The van der Waals surface area contributed by atoms with Gasteiger partial charge in [-0.2, -0.15) is 0 Å². The van der Waals surface area contributed by atoms with E-state index < -0.39 is 18.2 Å². The Morgan fingerprint density at radius 2 is 1.70 bits per heavy atom. The van der Waals surface area contributed by atoms with Crippen molar-refractivity contribution in [3.05, 3.63) is 59.7 Å². The van der Waals surface area contributed by atoms with Gasteiger partial charge in [-0.15, -0.1) is 0 Å². The van der Waals surface area contributed by atoms with E-state index in [1.807, 2.05) is 24.3 Å². The Kier molecular flexibility index (Phi) is 4.92. The van der Waals surface area contributed by atoms with Gasteiger partial charge >= 0.3 is 12.1 Å². The molecular weight excluding hydrogens is 386 g/mol. The number of benzene rings is 2. The standard InChI is InChI=1S/C23H23NO6/c25-22(26)9-14-10-24(20-12-28-13-21(20)30-14)23(27)29-11-19-17-7-3-1-5-15(17)16-6-2-4-8-18(16)19/h1-8,14,19-21H,9-13H2,(H,25,26)/t14-,20+,21+/m1/s1. The minimum absolute atomic E-state index is 0.0205. The molecule has 7 nitrogen and oxygen atoms in total. The van der Waals surface area contributed by atoms with Gasteiger partial charge in [0.25, 0.3) is 0 Å². The van der Waals surface area contributed by atoms with Crippen LogP contribution in [0.25, 0.3) is 11.1 Å². The van der Waals surface area contributed by atoms with Crippen LogP contribution >= 0.6 is 0 Å². The SMILES string of the molecule is O=C(O)C[C@@H]1CN(C(=O)OCC2c3ccccc3-c3ccccc32)[C@H]2COC[C@@H]2O1. The summed E-state index contributed by atoms with van der Waals surface area (Å²) in [5.41, 5.74) is 4.65. The summed E-state index contributed by atoms with van der Waals surface area (Å²) in [5, 5.41) is 9.12. The van der Waals surface area contributed by atoms with E-state index in [2.05, 4.69) is 24.3 Å². The average Bonchev–Trinajstić information content (AvgIpc) is 3.33. The molecule has 5 rings (SSSR count). The normalized spacial score (nSPS) is 24.8. The molecule has 1 N–H and O–H groups in total. The fourth-order valence-electron chi connectivity index (χ4n) is 4.78. The van der Waals surface area contributed by atoms with E-state index in [1.54, 1.807) is 4.90 Å². The van der Waals surface area contributed by atoms with Gasteiger partial charge in [0.1, 0.15) is 12.7 Å². The predicted octanol–water partition coefficient (Wildman–Crippen LogP) is 2.88. The second-order valence-corrected chi connectivity index (χ2v) is 7.96. The van der Waals surface area contributed by atoms with Crippen molar-refractivity contribution >= 4 is 12.1 Å². The number of amides is 1. The van der Waals surface area contributed by atoms with Crippen LogP contribution in [0.2, 0.25) is 0 Å². The Hall–Kier alpha value is -2.90. The summed E-state index contributed by atoms with van der Waals surface area (Å²) in [6, 6.07) is 16.1. The molecule has 156 valence electrons. The van der Waals surface area contributed by atoms with Gasteiger partial charge in [-0.05, 0) is 22.3 Å². The van der Waals surface area contributed by atoms with Gasteiger partial charge in [0, 0.05) is 5.92 Å². The van der Waals surface area contributed by atoms with Gasteiger partial charge in [0.2, 0.25) is 0 Å². The molecule has 2 fully saturated rings. The molecule has 30 heavy (non-hydrogen) atoms. The van der Waals surface area contributed by atoms with E-state index in [4.69, 9.17) is 19.3 Å². The quantitative estimate of drug-likeness (QED) is 0.836. The Labute approximate surface area is 174 Å². The molecule has 0 unspecified atom stereocenters. The highest BCUT2D eigenvalue weighted by Gasteiger charge is 2.44. The number of carboxylic acids is 1. The van der Waals surface area contributed by atoms with Crippen molar-refractivity contribution in [3.63, 3.8) is 0 Å². The molecule has 0 radical (unpaired) electrons. The van der Waals surface area contributed by atoms with Crippen LogP contribution in [-0.2, 0) is 19.0 Å². The van der Waals surface area contributed by atoms with Crippen LogP contribution in [0.15, 0.2) is 48.5 Å². The van der Waals surface area contributed by atoms with Gasteiger partial charge in [0.05, 0.1) is 38.3 Å². The lowest BCUT2D eigenvalue weighted by Crippen LogP contribution is -2.57. The molecule has 2 saturated heterocycles. The summed E-state index contributed by atoms with van der Waals surface area (Å²) >= 11 is 0. The van der Waals surface area contributed by atoms with E-state index in [9.17, 15) is 9.59 Å². The molecule has 0 saturated carbocycles. The van der Waals surface area contributed by atoms with Crippen molar-refractivity contribution in [1.82, 2.24) is 4.90 Å². The van der Waals surface area contributed by atoms with Crippen LogP contribution in [0.3, 0.4) is 0 Å². The third-order valence-corrected chi connectivity index (χ3v) is 6.14. The van der Waals surface area contributed by atoms with Gasteiger partial charge in [-0.1, -0.05) is 48.5 Å². The maximum absolute atomic E-state index is 13.0. The van der Waals surface area contributed by atoms with E-state index >= 15 is 0 Å². The molecule has 2 aromatic rings. The lowest BCUT2D eigenvalue weighted by Gasteiger charge is -2.39. The fraction of sp³-hybridized carbons (Fsp3) is 0.391. The molecule has 7 heteroatoms. The largest absolute Gasteiger partial charge is 0.481 e. The monoisotopic (exact) mass is 409 g/mol. The minimum Gasteiger partial charge on any atom is -0.481 e. The Morgan fingerprint density at radius 1 is 1.03 bits per heavy atom. The van der Waals surface area contributed by atoms with Crippen LogP contribution in [0.1, 0.15) is 23.5 Å². The van der Waals surface area contributed by atoms with Crippen LogP contribution in [0, 0.1) is 0 Å². The molecule has 3 aliphatic rings. The number of carboxylic acid groups (broad SMARTS) is 1. The number of aliphatic carboxylic acids is 1. The van der Waals surface area contributed by atoms with E-state index in [0.29, 0.717) is 13.2 Å². The second-order valence-electron chi connectivity index (χ2n) is 7.96. The van der Waals surface area contributed by atoms with E-state index in [-0.39, 0.29) is 37.6 Å². The number of rotatable bonds is 4. The zero-order valence-electron chi connectivity index (χ0n) is 16.4. The zero-order chi connectivity index (χ0) is 20.7. The van der Waals surface area contributed by atoms with Gasteiger partial charge in [-0.25, -0.2) is 4.79 Å². The predicted molar refractivity (Wildman–Crippen MR) is 107 cm³/mol. The molecule has 2 aliphatic heterocycles. The van der Waals surface area contributed by atoms with Crippen LogP contribution in [-0.4, -0.2) is 66.7 Å². The fourth-order valence-corrected chi connectivity index (χ4v) is 4.78. The van der Waals surface area contributed by atoms with Gasteiger partial charge < -0.3 is 19.3 Å². The number of hydrogen-bond acceptors (Lipinski definition) is 5. The smallest absolute Gasteiger partial charge is 0.410 e. The van der Waals surface area contributed by atoms with Crippen molar-refractivity contribution in [2.24, 2.45) is 0 Å². The highest BCUT2D eigenvalue weighted by Crippen LogP contribution is 2.44. The lowest BCUT2D eigenvalue weighted by molar-refractivity contribution is -0.146. The number of nitrogens with zero attached hydrogens (tertiary/aromatic N) is 1. The van der Waals surface area contributed by atoms with Crippen LogP contribution < -0.4 is 0 Å². The molecule has 3 atom stereocenters. The summed E-state index contributed by atoms with van der Waals surface area (Å²) in [7, 11) is 0. The van der Waals surface area contributed by atoms with Crippen molar-refractivity contribution < 1.29 is 28.9 Å². The highest BCUT2D eigenvalue weighted by molar-refractivity contribution is 5.79. The number of hydrogen-bond donors (Lipinski definition) is 1. The van der Waals surface area contributed by atoms with E-state index in [1.165, 1.54) is 11.1 Å². The maximum Gasteiger partial charge on any atom is 0.410 e. The summed E-state index contributed by atoms with van der Waals surface area (Å²) in [6.07, 6.45) is -1.48. The summed E-state index contributed by atoms with van der Waals surface area (Å²) in [5.74, 6) is -0.974. The molecular formula is C23H23NO6. The minimum atomic E-state index is -0.954. The summed E-state index contributed by atoms with van der Waals surface area (Å²) in [4.78, 5) is 25.7. The zero-order valence-corrected chi connectivity index (χ0v) is 16.4. The molecule has 2 aromatic carbocycles. The lowest BCUT2D eigenvalue weighted by atomic mass is 9.98. The number of morpholine rings is 1. The van der Waals surface area contributed by atoms with Crippen LogP contribution in [0.4, 0.5) is 4.79 Å². The molecule has 0 spiro atoms. The number of fused-ring (bicyclic) bond motifs is 4. The second kappa shape index (κ2) is 7.74. The van der Waals surface area contributed by atoms with Crippen molar-refractivity contribution in [3.8, 4) is 11.1 Å². The third-order valence-electron chi connectivity index (χ3n) is 6.14. The first-order chi connectivity index (χ1) is 14.6. The van der Waals surface area contributed by atoms with Gasteiger partial charge in [-0.3, -0.25) is 9.69 Å². The Bertz CT molecular complexity index is 930. The van der Waals surface area contributed by atoms with Gasteiger partial charge in [0.15, 0.2) is 0 Å². The van der Waals surface area contributed by atoms with Crippen molar-refractivity contribution in [2.45, 2.75) is 30.6 Å². The average molecular weight is 409 g/mol. The molecule has 0 aromatic heterocycles.